The van der Waals surface area contributed by atoms with Gasteiger partial charge in [0.15, 0.2) is 11.5 Å². The van der Waals surface area contributed by atoms with Crippen LogP contribution < -0.4 is 19.6 Å². The molecule has 0 saturated heterocycles. The van der Waals surface area contributed by atoms with Crippen molar-refractivity contribution in [2.45, 2.75) is 6.61 Å². The van der Waals surface area contributed by atoms with Crippen molar-refractivity contribution in [2.24, 2.45) is 5.10 Å². The number of halogens is 2. The summed E-state index contributed by atoms with van der Waals surface area (Å²) in [6.07, 6.45) is 1.50. The molecule has 0 saturated carbocycles. The lowest BCUT2D eigenvalue weighted by Gasteiger charge is -2.11. The van der Waals surface area contributed by atoms with Gasteiger partial charge in [0, 0.05) is 5.56 Å². The molecule has 0 heterocycles. The first-order valence-corrected chi connectivity index (χ1v) is 10.3. The van der Waals surface area contributed by atoms with Gasteiger partial charge < -0.3 is 14.2 Å². The number of ether oxygens (including phenoxy) is 3. The van der Waals surface area contributed by atoms with E-state index >= 15 is 0 Å². The number of methoxy groups -OCH3 is 2. The minimum Gasteiger partial charge on any atom is -0.496 e. The molecule has 3 aromatic rings. The van der Waals surface area contributed by atoms with Crippen LogP contribution in [0.1, 0.15) is 21.5 Å². The van der Waals surface area contributed by atoms with Crippen molar-refractivity contribution in [3.8, 4) is 17.2 Å². The van der Waals surface area contributed by atoms with Crippen molar-refractivity contribution in [2.75, 3.05) is 14.2 Å². The van der Waals surface area contributed by atoms with E-state index in [1.54, 1.807) is 55.6 Å². The second-order valence-electron chi connectivity index (χ2n) is 6.38. The molecule has 0 aliphatic carbocycles. The number of carbonyl (C=O) groups excluding carboxylic acids is 1. The van der Waals surface area contributed by atoms with Crippen molar-refractivity contribution in [3.63, 3.8) is 0 Å². The highest BCUT2D eigenvalue weighted by Gasteiger charge is 2.09. The minimum atomic E-state index is -0.354. The van der Waals surface area contributed by atoms with E-state index in [2.05, 4.69) is 33.1 Å². The minimum absolute atomic E-state index is 0.205. The molecule has 0 unspecified atom stereocenters. The molecule has 160 valence electrons. The van der Waals surface area contributed by atoms with Crippen LogP contribution in [0.25, 0.3) is 0 Å². The fourth-order valence-corrected chi connectivity index (χ4v) is 3.26. The molecule has 3 rings (SSSR count). The van der Waals surface area contributed by atoms with Gasteiger partial charge in [-0.1, -0.05) is 12.1 Å². The molecule has 6 nitrogen and oxygen atoms in total. The van der Waals surface area contributed by atoms with Gasteiger partial charge in [-0.2, -0.15) is 5.10 Å². The van der Waals surface area contributed by atoms with Crippen LogP contribution >= 0.6 is 22.6 Å². The number of hydrogen-bond acceptors (Lipinski definition) is 5. The predicted molar refractivity (Wildman–Crippen MR) is 124 cm³/mol. The van der Waals surface area contributed by atoms with E-state index in [0.717, 1.165) is 3.57 Å². The standard InChI is InChI=1S/C23H20FIN2O4/c1-29-21-12-17(7-8-19(21)25)23(28)27-26-13-15-6-9-20(22(11-15)30-2)31-14-16-4-3-5-18(24)10-16/h3-13H,14H2,1-2H3,(H,27,28)/b26-13-. The molecular weight excluding hydrogens is 514 g/mol. The molecular formula is C23H20FIN2O4. The number of nitrogens with zero attached hydrogens (tertiary/aromatic N) is 1. The molecule has 31 heavy (non-hydrogen) atoms. The smallest absolute Gasteiger partial charge is 0.271 e. The van der Waals surface area contributed by atoms with Gasteiger partial charge in [-0.3, -0.25) is 4.79 Å². The number of rotatable bonds is 8. The Morgan fingerprint density at radius 3 is 2.58 bits per heavy atom. The van der Waals surface area contributed by atoms with Gasteiger partial charge in [0.25, 0.3) is 5.91 Å². The van der Waals surface area contributed by atoms with Crippen LogP contribution in [0.3, 0.4) is 0 Å². The van der Waals surface area contributed by atoms with E-state index in [1.807, 2.05) is 0 Å². The van der Waals surface area contributed by atoms with Crippen molar-refractivity contribution in [1.29, 1.82) is 0 Å². The van der Waals surface area contributed by atoms with Gasteiger partial charge in [0.1, 0.15) is 18.2 Å². The third kappa shape index (κ3) is 6.17. The fourth-order valence-electron chi connectivity index (χ4n) is 2.70. The number of hydrogen-bond donors (Lipinski definition) is 1. The summed E-state index contributed by atoms with van der Waals surface area (Å²) in [5.74, 6) is 0.960. The highest BCUT2D eigenvalue weighted by molar-refractivity contribution is 14.1. The van der Waals surface area contributed by atoms with Crippen LogP contribution in [0.2, 0.25) is 0 Å². The molecule has 0 aromatic heterocycles. The summed E-state index contributed by atoms with van der Waals surface area (Å²) in [5.41, 5.74) is 4.34. The topological polar surface area (TPSA) is 69.2 Å². The first-order chi connectivity index (χ1) is 15.0. The molecule has 0 bridgehead atoms. The zero-order valence-corrected chi connectivity index (χ0v) is 19.1. The molecule has 0 spiro atoms. The van der Waals surface area contributed by atoms with E-state index < -0.39 is 0 Å². The number of hydrazone groups is 1. The quantitative estimate of drug-likeness (QED) is 0.257. The van der Waals surface area contributed by atoms with Gasteiger partial charge in [-0.25, -0.2) is 9.82 Å². The number of benzene rings is 3. The Labute approximate surface area is 193 Å². The average molecular weight is 534 g/mol. The fraction of sp³-hybridized carbons (Fsp3) is 0.130. The van der Waals surface area contributed by atoms with Crippen molar-refractivity contribution in [1.82, 2.24) is 5.43 Å². The van der Waals surface area contributed by atoms with Gasteiger partial charge in [0.2, 0.25) is 0 Å². The Kier molecular flexibility index (Phi) is 7.82. The lowest BCUT2D eigenvalue weighted by atomic mass is 10.2. The first-order valence-electron chi connectivity index (χ1n) is 9.22. The summed E-state index contributed by atoms with van der Waals surface area (Å²) in [5, 5.41) is 4.00. The molecule has 8 heteroatoms. The van der Waals surface area contributed by atoms with Crippen LogP contribution in [-0.2, 0) is 6.61 Å². The summed E-state index contributed by atoms with van der Waals surface area (Å²) < 4.78 is 30.5. The summed E-state index contributed by atoms with van der Waals surface area (Å²) in [7, 11) is 3.08. The molecule has 1 amide bonds. The van der Waals surface area contributed by atoms with Crippen LogP contribution in [0.4, 0.5) is 4.39 Å². The van der Waals surface area contributed by atoms with Gasteiger partial charge in [-0.15, -0.1) is 0 Å². The number of nitrogens with one attached hydrogen (secondary N) is 1. The average Bonchev–Trinajstić information content (AvgIpc) is 2.78. The highest BCUT2D eigenvalue weighted by Crippen LogP contribution is 2.28. The first kappa shape index (κ1) is 22.5. The Morgan fingerprint density at radius 2 is 1.84 bits per heavy atom. The summed E-state index contributed by atoms with van der Waals surface area (Å²) in [6, 6.07) is 16.6. The lowest BCUT2D eigenvalue weighted by molar-refractivity contribution is 0.0954. The summed E-state index contributed by atoms with van der Waals surface area (Å²) >= 11 is 2.13. The zero-order chi connectivity index (χ0) is 22.2. The largest absolute Gasteiger partial charge is 0.496 e. The molecule has 1 N–H and O–H groups in total. The maximum Gasteiger partial charge on any atom is 0.271 e. The lowest BCUT2D eigenvalue weighted by Crippen LogP contribution is -2.17. The third-order valence-corrected chi connectivity index (χ3v) is 5.16. The molecule has 0 radical (unpaired) electrons. The second kappa shape index (κ2) is 10.8. The third-order valence-electron chi connectivity index (χ3n) is 4.26. The molecule has 0 fully saturated rings. The number of carbonyl (C=O) groups is 1. The van der Waals surface area contributed by atoms with E-state index in [1.165, 1.54) is 25.5 Å². The maximum absolute atomic E-state index is 13.3. The van der Waals surface area contributed by atoms with Crippen molar-refractivity contribution < 1.29 is 23.4 Å². The van der Waals surface area contributed by atoms with E-state index in [-0.39, 0.29) is 18.3 Å². The van der Waals surface area contributed by atoms with Gasteiger partial charge in [-0.05, 0) is 82.2 Å². The van der Waals surface area contributed by atoms with Crippen LogP contribution in [0.5, 0.6) is 17.2 Å². The molecule has 0 atom stereocenters. The normalized spacial score (nSPS) is 10.7. The van der Waals surface area contributed by atoms with Crippen LogP contribution in [0.15, 0.2) is 65.8 Å². The van der Waals surface area contributed by atoms with E-state index in [0.29, 0.717) is 33.9 Å². The monoisotopic (exact) mass is 534 g/mol. The van der Waals surface area contributed by atoms with E-state index in [4.69, 9.17) is 14.2 Å². The second-order valence-corrected chi connectivity index (χ2v) is 7.54. The Balaban J connectivity index is 1.63. The van der Waals surface area contributed by atoms with Crippen molar-refractivity contribution in [3.05, 3.63) is 86.7 Å². The molecule has 3 aromatic carbocycles. The van der Waals surface area contributed by atoms with E-state index in [9.17, 15) is 9.18 Å². The summed E-state index contributed by atoms with van der Waals surface area (Å²) in [4.78, 5) is 12.3. The van der Waals surface area contributed by atoms with Gasteiger partial charge >= 0.3 is 0 Å². The van der Waals surface area contributed by atoms with Gasteiger partial charge in [0.05, 0.1) is 24.0 Å². The maximum atomic E-state index is 13.3. The molecule has 0 aliphatic heterocycles. The van der Waals surface area contributed by atoms with Crippen LogP contribution in [-0.4, -0.2) is 26.3 Å². The summed E-state index contributed by atoms with van der Waals surface area (Å²) in [6.45, 7) is 0.205. The number of amides is 1. The molecule has 0 aliphatic rings. The predicted octanol–water partition coefficient (Wildman–Crippen LogP) is 4.79. The Morgan fingerprint density at radius 1 is 1.03 bits per heavy atom. The SMILES string of the molecule is COc1cc(C(=O)N/N=C\c2ccc(OCc3cccc(F)c3)c(OC)c2)ccc1I. The highest BCUT2D eigenvalue weighted by atomic mass is 127. The zero-order valence-electron chi connectivity index (χ0n) is 16.9. The Hall–Kier alpha value is -3.14. The van der Waals surface area contributed by atoms with Crippen LogP contribution in [0, 0.1) is 9.39 Å². The Bertz CT molecular complexity index is 1100. The van der Waals surface area contributed by atoms with Crippen molar-refractivity contribution >= 4 is 34.7 Å².